The van der Waals surface area contributed by atoms with Gasteiger partial charge in [-0.3, -0.25) is 0 Å². The van der Waals surface area contributed by atoms with Crippen LogP contribution in [-0.4, -0.2) is 0 Å². The van der Waals surface area contributed by atoms with Crippen LogP contribution in [0, 0.1) is 11.8 Å². The molecule has 5 rings (SSSR count). The third-order valence-electron chi connectivity index (χ3n) is 7.86. The molecule has 2 atom stereocenters. The highest BCUT2D eigenvalue weighted by atomic mass is 14.5. The van der Waals surface area contributed by atoms with Crippen LogP contribution in [0.3, 0.4) is 0 Å². The minimum Gasteiger partial charge on any atom is -0.0949 e. The van der Waals surface area contributed by atoms with E-state index < -0.39 is 0 Å². The predicted octanol–water partition coefficient (Wildman–Crippen LogP) is 7.70. The van der Waals surface area contributed by atoms with E-state index in [9.17, 15) is 0 Å². The van der Waals surface area contributed by atoms with Gasteiger partial charge in [0.05, 0.1) is 0 Å². The first kappa shape index (κ1) is 18.0. The molecular weight excluding hydrogens is 336 g/mol. The van der Waals surface area contributed by atoms with Crippen LogP contribution >= 0.6 is 0 Å². The number of hydrogen-bond donors (Lipinski definition) is 0. The van der Waals surface area contributed by atoms with Crippen LogP contribution in [0.2, 0.25) is 0 Å². The van der Waals surface area contributed by atoms with Gasteiger partial charge in [-0.05, 0) is 88.9 Å². The van der Waals surface area contributed by atoms with E-state index in [4.69, 9.17) is 0 Å². The molecule has 0 nitrogen and oxygen atoms in total. The van der Waals surface area contributed by atoms with Crippen LogP contribution in [0.1, 0.15) is 70.4 Å². The lowest BCUT2D eigenvalue weighted by Gasteiger charge is -2.33. The van der Waals surface area contributed by atoms with E-state index in [2.05, 4.69) is 69.8 Å². The molecule has 1 aromatic rings. The van der Waals surface area contributed by atoms with Crippen LogP contribution < -0.4 is 0 Å². The molecule has 0 amide bonds. The second kappa shape index (κ2) is 6.48. The fourth-order valence-corrected chi connectivity index (χ4v) is 6.38. The van der Waals surface area contributed by atoms with Crippen molar-refractivity contribution in [1.29, 1.82) is 0 Å². The number of fused-ring (bicyclic) bond motifs is 4. The summed E-state index contributed by atoms with van der Waals surface area (Å²) in [5.41, 5.74) is 12.5. The van der Waals surface area contributed by atoms with Gasteiger partial charge in [0.25, 0.3) is 0 Å². The van der Waals surface area contributed by atoms with E-state index in [1.165, 1.54) is 66.4 Å². The Bertz CT molecular complexity index is 973. The standard InChI is InChI=1S/C28H32/c1-5-19-18(2)20-11-7-6-8-12-21(20)24-17-25-23-13-9-10-14-26(23)28(3,4)27(25)16-15-22(19)24/h8-10,12-14,17,19,27H,2,5-7,11,15-16H2,1,3-4H3. The molecule has 144 valence electrons. The highest BCUT2D eigenvalue weighted by molar-refractivity contribution is 5.82. The summed E-state index contributed by atoms with van der Waals surface area (Å²) in [5, 5.41) is 0. The summed E-state index contributed by atoms with van der Waals surface area (Å²) in [5.74, 6) is 1.15. The summed E-state index contributed by atoms with van der Waals surface area (Å²) in [6.07, 6.45) is 14.7. The monoisotopic (exact) mass is 368 g/mol. The number of allylic oxidation sites excluding steroid dienone is 9. The summed E-state index contributed by atoms with van der Waals surface area (Å²) in [6.45, 7) is 11.9. The van der Waals surface area contributed by atoms with Crippen molar-refractivity contribution in [2.75, 3.05) is 0 Å². The molecule has 0 fully saturated rings. The molecule has 1 aromatic carbocycles. The first-order valence-corrected chi connectivity index (χ1v) is 11.2. The molecular formula is C28H32. The number of rotatable bonds is 1. The van der Waals surface area contributed by atoms with E-state index in [1.807, 2.05) is 0 Å². The molecule has 4 aliphatic carbocycles. The summed E-state index contributed by atoms with van der Waals surface area (Å²) in [6, 6.07) is 9.13. The van der Waals surface area contributed by atoms with Crippen molar-refractivity contribution in [3.63, 3.8) is 0 Å². The van der Waals surface area contributed by atoms with E-state index in [-0.39, 0.29) is 5.41 Å². The van der Waals surface area contributed by atoms with Crippen molar-refractivity contribution >= 4 is 5.57 Å². The second-order valence-electron chi connectivity index (χ2n) is 9.57. The van der Waals surface area contributed by atoms with Gasteiger partial charge >= 0.3 is 0 Å². The molecule has 0 aromatic heterocycles. The van der Waals surface area contributed by atoms with Gasteiger partial charge in [-0.25, -0.2) is 0 Å². The Labute approximate surface area is 170 Å². The molecule has 0 radical (unpaired) electrons. The van der Waals surface area contributed by atoms with E-state index in [0.717, 1.165) is 0 Å². The first-order valence-electron chi connectivity index (χ1n) is 11.2. The van der Waals surface area contributed by atoms with E-state index >= 15 is 0 Å². The summed E-state index contributed by atoms with van der Waals surface area (Å²) < 4.78 is 0. The fourth-order valence-electron chi connectivity index (χ4n) is 6.38. The number of hydrogen-bond acceptors (Lipinski definition) is 0. The molecule has 0 aliphatic heterocycles. The zero-order valence-electron chi connectivity index (χ0n) is 17.6. The Hall–Kier alpha value is -2.08. The molecule has 0 heterocycles. The van der Waals surface area contributed by atoms with Gasteiger partial charge in [0.15, 0.2) is 0 Å². The first-order chi connectivity index (χ1) is 13.5. The fraction of sp³-hybridized carbons (Fsp3) is 0.429. The SMILES string of the molecule is C=C1C2=C(C=CCCC2)C2=C(CCC3C(=C2)c2ccccc2C3(C)C)C1CC. The topological polar surface area (TPSA) is 0 Å². The minimum absolute atomic E-state index is 0.215. The average molecular weight is 369 g/mol. The molecule has 0 N–H and O–H groups in total. The lowest BCUT2D eigenvalue weighted by atomic mass is 9.71. The maximum absolute atomic E-state index is 4.60. The van der Waals surface area contributed by atoms with Crippen molar-refractivity contribution in [2.24, 2.45) is 11.8 Å². The van der Waals surface area contributed by atoms with Crippen molar-refractivity contribution in [3.05, 3.63) is 88.1 Å². The lowest BCUT2D eigenvalue weighted by molar-refractivity contribution is 0.388. The van der Waals surface area contributed by atoms with Crippen LogP contribution in [0.15, 0.2) is 76.9 Å². The highest BCUT2D eigenvalue weighted by Gasteiger charge is 2.44. The van der Waals surface area contributed by atoms with Crippen LogP contribution in [0.5, 0.6) is 0 Å². The van der Waals surface area contributed by atoms with Crippen molar-refractivity contribution in [2.45, 2.75) is 64.7 Å². The Morgan fingerprint density at radius 3 is 2.75 bits per heavy atom. The third kappa shape index (κ3) is 2.43. The smallest absolute Gasteiger partial charge is 0.00518 e. The molecule has 0 saturated heterocycles. The summed E-state index contributed by atoms with van der Waals surface area (Å²) in [7, 11) is 0. The van der Waals surface area contributed by atoms with Crippen LogP contribution in [0.25, 0.3) is 5.57 Å². The lowest BCUT2D eigenvalue weighted by Crippen LogP contribution is -2.24. The molecule has 4 aliphatic rings. The second-order valence-corrected chi connectivity index (χ2v) is 9.57. The van der Waals surface area contributed by atoms with Crippen molar-refractivity contribution in [1.82, 2.24) is 0 Å². The molecule has 2 unspecified atom stereocenters. The minimum atomic E-state index is 0.215. The molecule has 0 bridgehead atoms. The van der Waals surface area contributed by atoms with Crippen molar-refractivity contribution < 1.29 is 0 Å². The maximum Gasteiger partial charge on any atom is 0.00518 e. The van der Waals surface area contributed by atoms with Crippen LogP contribution in [-0.2, 0) is 5.41 Å². The Morgan fingerprint density at radius 1 is 1.11 bits per heavy atom. The van der Waals surface area contributed by atoms with E-state index in [0.29, 0.717) is 11.8 Å². The number of benzene rings is 1. The Balaban J connectivity index is 1.75. The zero-order chi connectivity index (χ0) is 19.5. The van der Waals surface area contributed by atoms with Gasteiger partial charge < -0.3 is 0 Å². The normalized spacial score (nSPS) is 28.1. The van der Waals surface area contributed by atoms with Gasteiger partial charge in [-0.1, -0.05) is 75.4 Å². The molecule has 0 saturated carbocycles. The summed E-state index contributed by atoms with van der Waals surface area (Å²) in [4.78, 5) is 0. The molecule has 0 spiro atoms. The summed E-state index contributed by atoms with van der Waals surface area (Å²) >= 11 is 0. The van der Waals surface area contributed by atoms with Crippen molar-refractivity contribution in [3.8, 4) is 0 Å². The molecule has 28 heavy (non-hydrogen) atoms. The maximum atomic E-state index is 4.60. The Kier molecular flexibility index (Phi) is 4.16. The van der Waals surface area contributed by atoms with Gasteiger partial charge in [-0.2, -0.15) is 0 Å². The Morgan fingerprint density at radius 2 is 1.93 bits per heavy atom. The zero-order valence-corrected chi connectivity index (χ0v) is 17.6. The van der Waals surface area contributed by atoms with E-state index in [1.54, 1.807) is 16.7 Å². The predicted molar refractivity (Wildman–Crippen MR) is 120 cm³/mol. The van der Waals surface area contributed by atoms with Crippen LogP contribution in [0.4, 0.5) is 0 Å². The highest BCUT2D eigenvalue weighted by Crippen LogP contribution is 2.56. The van der Waals surface area contributed by atoms with Gasteiger partial charge in [0, 0.05) is 5.92 Å². The molecule has 0 heteroatoms. The van der Waals surface area contributed by atoms with Gasteiger partial charge in [0.1, 0.15) is 0 Å². The third-order valence-corrected chi connectivity index (χ3v) is 7.86. The largest absolute Gasteiger partial charge is 0.0949 e. The average Bonchev–Trinajstić information content (AvgIpc) is 2.95. The quantitative estimate of drug-likeness (QED) is 0.476. The van der Waals surface area contributed by atoms with Gasteiger partial charge in [-0.15, -0.1) is 0 Å². The van der Waals surface area contributed by atoms with Gasteiger partial charge in [0.2, 0.25) is 0 Å².